The van der Waals surface area contributed by atoms with Gasteiger partial charge >= 0.3 is 0 Å². The molecule has 1 amide bonds. The summed E-state index contributed by atoms with van der Waals surface area (Å²) in [6.45, 7) is 1.19. The number of amides is 1. The normalized spacial score (nSPS) is 22.6. The molecule has 10 heteroatoms. The minimum Gasteiger partial charge on any atom is -0.353 e. The number of hydrogen-bond donors (Lipinski definition) is 2. The lowest BCUT2D eigenvalue weighted by molar-refractivity contribution is -0.123. The Balaban J connectivity index is 0.00000182. The van der Waals surface area contributed by atoms with Gasteiger partial charge in [0.05, 0.1) is 18.6 Å². The summed E-state index contributed by atoms with van der Waals surface area (Å²) in [6, 6.07) is 3.15. The average molecular weight is 449 g/mol. The van der Waals surface area contributed by atoms with Crippen molar-refractivity contribution in [2.45, 2.75) is 37.3 Å². The summed E-state index contributed by atoms with van der Waals surface area (Å²) in [5, 5.41) is 5.52. The topological polar surface area (TPSA) is 44.4 Å². The molecule has 0 aromatic heterocycles. The van der Waals surface area contributed by atoms with E-state index in [0.717, 1.165) is 25.9 Å². The Bertz CT molecular complexity index is 625. The fourth-order valence-electron chi connectivity index (χ4n) is 3.52. The Morgan fingerprint density at radius 2 is 2.00 bits per heavy atom. The summed E-state index contributed by atoms with van der Waals surface area (Å²) >= 11 is 6.19. The average Bonchev–Trinajstić information content (AvgIpc) is 3.19. The van der Waals surface area contributed by atoms with Gasteiger partial charge in [0.2, 0.25) is 5.91 Å². The van der Waals surface area contributed by atoms with Gasteiger partial charge in [-0.2, -0.15) is 0 Å². The van der Waals surface area contributed by atoms with Gasteiger partial charge < -0.3 is 5.32 Å². The number of hydrogen-bond acceptors (Lipinski definition) is 3. The Kier molecular flexibility index (Phi) is 9.15. The molecule has 2 N–H and O–H groups in total. The summed E-state index contributed by atoms with van der Waals surface area (Å²) in [5.74, 6) is -3.79. The number of nitrogens with one attached hydrogen (secondary N) is 2. The predicted molar refractivity (Wildman–Crippen MR) is 104 cm³/mol. The molecule has 3 rings (SSSR count). The van der Waals surface area contributed by atoms with E-state index in [1.54, 1.807) is 6.07 Å². The van der Waals surface area contributed by atoms with Gasteiger partial charge in [-0.25, -0.2) is 13.2 Å². The van der Waals surface area contributed by atoms with Crippen LogP contribution in [0.3, 0.4) is 0 Å². The minimum absolute atomic E-state index is 0. The molecule has 2 atom stereocenters. The first kappa shape index (κ1) is 24.3. The molecule has 1 aromatic rings. The lowest BCUT2D eigenvalue weighted by Crippen LogP contribution is -2.44. The molecule has 0 aliphatic carbocycles. The number of nitrogens with zero attached hydrogens (tertiary/aromatic N) is 1. The van der Waals surface area contributed by atoms with Gasteiger partial charge in [-0.3, -0.25) is 15.0 Å². The fraction of sp³-hybridized carbons (Fsp3) is 0.588. The Morgan fingerprint density at radius 1 is 1.33 bits per heavy atom. The largest absolute Gasteiger partial charge is 0.353 e. The van der Waals surface area contributed by atoms with E-state index < -0.39 is 42.7 Å². The maximum absolute atomic E-state index is 14.3. The highest BCUT2D eigenvalue weighted by Gasteiger charge is 2.42. The third-order valence-corrected chi connectivity index (χ3v) is 5.14. The van der Waals surface area contributed by atoms with Crippen LogP contribution in [0.2, 0.25) is 5.02 Å². The molecule has 4 nitrogen and oxygen atoms in total. The van der Waals surface area contributed by atoms with Gasteiger partial charge in [-0.1, -0.05) is 17.7 Å². The van der Waals surface area contributed by atoms with Crippen molar-refractivity contribution in [2.75, 3.05) is 26.2 Å². The molecule has 0 bridgehead atoms. The van der Waals surface area contributed by atoms with Crippen molar-refractivity contribution in [3.8, 4) is 0 Å². The van der Waals surface area contributed by atoms with Crippen LogP contribution in [0.25, 0.3) is 0 Å². The zero-order valence-electron chi connectivity index (χ0n) is 14.5. The Morgan fingerprint density at radius 3 is 2.56 bits per heavy atom. The van der Waals surface area contributed by atoms with Crippen LogP contribution in [0.1, 0.15) is 30.9 Å². The monoisotopic (exact) mass is 447 g/mol. The zero-order chi connectivity index (χ0) is 18.0. The Hall–Kier alpha value is -0.730. The van der Waals surface area contributed by atoms with Crippen LogP contribution in [-0.2, 0) is 4.79 Å². The summed E-state index contributed by atoms with van der Waals surface area (Å²) in [5.41, 5.74) is 0.344. The standard InChI is InChI=1S/C17H21ClF3N3O.2ClH/c18-11-4-3-5-12(19)15(11)14(24-6-1-2-7-24)9-22-16(25)13-8-17(20,21)10-23-13;;/h3-5,13-14,23H,1-2,6-10H2,(H,22,25);2*1H. The molecule has 2 aliphatic rings. The third kappa shape index (κ3) is 5.87. The summed E-state index contributed by atoms with van der Waals surface area (Å²) < 4.78 is 40.9. The molecule has 154 valence electrons. The van der Waals surface area contributed by atoms with Gasteiger partial charge in [0.25, 0.3) is 5.92 Å². The maximum Gasteiger partial charge on any atom is 0.262 e. The van der Waals surface area contributed by atoms with Crippen LogP contribution in [-0.4, -0.2) is 49.0 Å². The van der Waals surface area contributed by atoms with E-state index in [4.69, 9.17) is 11.6 Å². The predicted octanol–water partition coefficient (Wildman–Crippen LogP) is 3.57. The lowest BCUT2D eigenvalue weighted by atomic mass is 10.0. The van der Waals surface area contributed by atoms with E-state index in [1.165, 1.54) is 12.1 Å². The second-order valence-electron chi connectivity index (χ2n) is 6.63. The number of alkyl halides is 2. The van der Waals surface area contributed by atoms with Crippen molar-refractivity contribution in [1.29, 1.82) is 0 Å². The van der Waals surface area contributed by atoms with Crippen LogP contribution in [0.4, 0.5) is 13.2 Å². The Labute approximate surface area is 174 Å². The lowest BCUT2D eigenvalue weighted by Gasteiger charge is -2.29. The number of benzene rings is 1. The van der Waals surface area contributed by atoms with Crippen LogP contribution in [0, 0.1) is 5.82 Å². The molecule has 0 radical (unpaired) electrons. The molecule has 2 saturated heterocycles. The molecular formula is C17H23Cl3F3N3O. The fourth-order valence-corrected chi connectivity index (χ4v) is 3.81. The first-order valence-electron chi connectivity index (χ1n) is 8.44. The van der Waals surface area contributed by atoms with Gasteiger partial charge in [0.15, 0.2) is 0 Å². The van der Waals surface area contributed by atoms with E-state index in [1.807, 2.05) is 0 Å². The molecular weight excluding hydrogens is 426 g/mol. The first-order valence-corrected chi connectivity index (χ1v) is 8.82. The van der Waals surface area contributed by atoms with Crippen molar-refractivity contribution in [1.82, 2.24) is 15.5 Å². The van der Waals surface area contributed by atoms with E-state index in [9.17, 15) is 18.0 Å². The summed E-state index contributed by atoms with van der Waals surface area (Å²) in [7, 11) is 0. The van der Waals surface area contributed by atoms with Crippen LogP contribution < -0.4 is 10.6 Å². The smallest absolute Gasteiger partial charge is 0.262 e. The minimum atomic E-state index is -2.87. The molecule has 0 saturated carbocycles. The van der Waals surface area contributed by atoms with Gasteiger partial charge in [0, 0.05) is 23.6 Å². The van der Waals surface area contributed by atoms with E-state index >= 15 is 0 Å². The van der Waals surface area contributed by atoms with Crippen molar-refractivity contribution in [2.24, 2.45) is 0 Å². The van der Waals surface area contributed by atoms with Gasteiger partial charge in [-0.15, -0.1) is 24.8 Å². The molecule has 0 spiro atoms. The molecule has 2 aliphatic heterocycles. The number of rotatable bonds is 5. The summed E-state index contributed by atoms with van der Waals surface area (Å²) in [4.78, 5) is 14.3. The van der Waals surface area contributed by atoms with Gasteiger partial charge in [-0.05, 0) is 38.1 Å². The molecule has 2 heterocycles. The van der Waals surface area contributed by atoms with Crippen LogP contribution >= 0.6 is 36.4 Å². The molecule has 2 fully saturated rings. The van der Waals surface area contributed by atoms with E-state index in [2.05, 4.69) is 15.5 Å². The highest BCUT2D eigenvalue weighted by atomic mass is 35.5. The van der Waals surface area contributed by atoms with Crippen molar-refractivity contribution in [3.63, 3.8) is 0 Å². The second-order valence-corrected chi connectivity index (χ2v) is 7.04. The molecule has 1 aromatic carbocycles. The highest BCUT2D eigenvalue weighted by Crippen LogP contribution is 2.32. The second kappa shape index (κ2) is 10.2. The zero-order valence-corrected chi connectivity index (χ0v) is 16.9. The van der Waals surface area contributed by atoms with Crippen LogP contribution in [0.5, 0.6) is 0 Å². The third-order valence-electron chi connectivity index (χ3n) is 4.81. The number of likely N-dealkylation sites (tertiary alicyclic amines) is 1. The maximum atomic E-state index is 14.3. The molecule has 27 heavy (non-hydrogen) atoms. The molecule has 2 unspecified atom stereocenters. The first-order chi connectivity index (χ1) is 11.9. The SMILES string of the molecule is Cl.Cl.O=C(NCC(c1c(F)cccc1Cl)N1CCCC1)C1CC(F)(F)CN1. The highest BCUT2D eigenvalue weighted by molar-refractivity contribution is 6.31. The van der Waals surface area contributed by atoms with E-state index in [-0.39, 0.29) is 31.4 Å². The van der Waals surface area contributed by atoms with Crippen LogP contribution in [0.15, 0.2) is 18.2 Å². The van der Waals surface area contributed by atoms with E-state index in [0.29, 0.717) is 10.6 Å². The quantitative estimate of drug-likeness (QED) is 0.724. The van der Waals surface area contributed by atoms with Gasteiger partial charge in [0.1, 0.15) is 5.82 Å². The summed E-state index contributed by atoms with van der Waals surface area (Å²) in [6.07, 6.45) is 1.47. The number of carbonyl (C=O) groups excluding carboxylic acids is 1. The number of carbonyl (C=O) groups is 1. The van der Waals surface area contributed by atoms with Crippen molar-refractivity contribution in [3.05, 3.63) is 34.6 Å². The number of halogens is 6. The van der Waals surface area contributed by atoms with Crippen molar-refractivity contribution < 1.29 is 18.0 Å². The van der Waals surface area contributed by atoms with Crippen molar-refractivity contribution >= 4 is 42.3 Å².